The van der Waals surface area contributed by atoms with Crippen molar-refractivity contribution >= 4 is 23.1 Å². The molecule has 90 valence electrons. The molecule has 2 nitrogen and oxygen atoms in total. The summed E-state index contributed by atoms with van der Waals surface area (Å²) in [4.78, 5) is 5.80. The first-order chi connectivity index (χ1) is 7.58. The minimum Gasteiger partial charge on any atom is -0.302 e. The fourth-order valence-corrected chi connectivity index (χ4v) is 3.97. The molecule has 0 spiro atoms. The molecule has 1 saturated heterocycles. The Morgan fingerprint density at radius 2 is 2.31 bits per heavy atom. The smallest absolute Gasteiger partial charge is 0.112 e. The first-order valence-corrected chi connectivity index (χ1v) is 7.83. The highest BCUT2D eigenvalue weighted by molar-refractivity contribution is 7.99. The molecule has 2 rings (SSSR count). The molecule has 2 heterocycles. The van der Waals surface area contributed by atoms with Crippen molar-refractivity contribution in [1.29, 1.82) is 0 Å². The van der Waals surface area contributed by atoms with Gasteiger partial charge in [-0.3, -0.25) is 0 Å². The van der Waals surface area contributed by atoms with Crippen LogP contribution in [0.2, 0.25) is 0 Å². The third-order valence-electron chi connectivity index (χ3n) is 2.88. The molecule has 0 saturated carbocycles. The summed E-state index contributed by atoms with van der Waals surface area (Å²) in [5, 5.41) is 4.96. The lowest BCUT2D eigenvalue weighted by atomic mass is 10.0. The van der Waals surface area contributed by atoms with Gasteiger partial charge in [-0.1, -0.05) is 0 Å². The number of rotatable bonds is 3. The number of nitrogens with zero attached hydrogens (tertiary/aromatic N) is 1. The van der Waals surface area contributed by atoms with Gasteiger partial charge in [-0.15, -0.1) is 11.3 Å². The summed E-state index contributed by atoms with van der Waals surface area (Å²) in [6, 6.07) is 0.651. The zero-order valence-corrected chi connectivity index (χ0v) is 11.9. The Morgan fingerprint density at radius 3 is 2.88 bits per heavy atom. The van der Waals surface area contributed by atoms with Gasteiger partial charge in [0, 0.05) is 22.9 Å². The molecule has 1 fully saturated rings. The van der Waals surface area contributed by atoms with E-state index >= 15 is 0 Å². The van der Waals surface area contributed by atoms with Crippen LogP contribution in [0.25, 0.3) is 0 Å². The van der Waals surface area contributed by atoms with E-state index in [2.05, 4.69) is 42.8 Å². The van der Waals surface area contributed by atoms with Crippen molar-refractivity contribution in [1.82, 2.24) is 10.3 Å². The number of nitrogens with one attached hydrogen (secondary N) is 1. The molecule has 0 radical (unpaired) electrons. The zero-order chi connectivity index (χ0) is 11.6. The average Bonchev–Trinajstić information content (AvgIpc) is 2.66. The summed E-state index contributed by atoms with van der Waals surface area (Å²) in [5.74, 6) is 2.57. The minimum atomic E-state index is 0.0154. The van der Waals surface area contributed by atoms with Crippen molar-refractivity contribution in [3.8, 4) is 0 Å². The van der Waals surface area contributed by atoms with Gasteiger partial charge in [0.05, 0.1) is 5.54 Å². The van der Waals surface area contributed by atoms with Crippen LogP contribution in [-0.2, 0) is 5.54 Å². The zero-order valence-electron chi connectivity index (χ0n) is 10.2. The summed E-state index contributed by atoms with van der Waals surface area (Å²) in [7, 11) is 0. The van der Waals surface area contributed by atoms with Crippen LogP contribution < -0.4 is 5.32 Å². The van der Waals surface area contributed by atoms with Crippen molar-refractivity contribution < 1.29 is 0 Å². The van der Waals surface area contributed by atoms with Crippen LogP contribution in [0.4, 0.5) is 0 Å². The lowest BCUT2D eigenvalue weighted by molar-refractivity contribution is 0.340. The standard InChI is InChI=1S/C12H20N2S2/c1-9-7-13-11(16-9)12(2,3)14-10-5-4-6-15-8-10/h7,10,14H,4-6,8H2,1-3H3. The van der Waals surface area contributed by atoms with Crippen molar-refractivity contribution in [2.45, 2.75) is 45.2 Å². The molecule has 1 unspecified atom stereocenters. The van der Waals surface area contributed by atoms with Gasteiger partial charge in [-0.25, -0.2) is 4.98 Å². The molecule has 1 aromatic rings. The summed E-state index contributed by atoms with van der Waals surface area (Å²) >= 11 is 3.87. The van der Waals surface area contributed by atoms with Gasteiger partial charge < -0.3 is 5.32 Å². The van der Waals surface area contributed by atoms with Crippen LogP contribution in [0.5, 0.6) is 0 Å². The third-order valence-corrected chi connectivity index (χ3v) is 5.33. The van der Waals surface area contributed by atoms with Crippen LogP contribution in [0.3, 0.4) is 0 Å². The predicted octanol–water partition coefficient (Wildman–Crippen LogP) is 3.17. The second-order valence-electron chi connectivity index (χ2n) is 4.96. The van der Waals surface area contributed by atoms with Crippen LogP contribution in [0, 0.1) is 6.92 Å². The van der Waals surface area contributed by atoms with Crippen LogP contribution >= 0.6 is 23.1 Å². The van der Waals surface area contributed by atoms with E-state index in [1.54, 1.807) is 11.3 Å². The fraction of sp³-hybridized carbons (Fsp3) is 0.750. The Balaban J connectivity index is 2.01. The minimum absolute atomic E-state index is 0.0154. The molecule has 0 aliphatic carbocycles. The molecular weight excluding hydrogens is 236 g/mol. The van der Waals surface area contributed by atoms with Gasteiger partial charge in [-0.05, 0) is 39.4 Å². The highest BCUT2D eigenvalue weighted by atomic mass is 32.2. The van der Waals surface area contributed by atoms with Crippen LogP contribution in [0.1, 0.15) is 36.6 Å². The van der Waals surface area contributed by atoms with Gasteiger partial charge >= 0.3 is 0 Å². The van der Waals surface area contributed by atoms with E-state index < -0.39 is 0 Å². The topological polar surface area (TPSA) is 24.9 Å². The van der Waals surface area contributed by atoms with Gasteiger partial charge in [0.1, 0.15) is 5.01 Å². The highest BCUT2D eigenvalue weighted by Crippen LogP contribution is 2.27. The van der Waals surface area contributed by atoms with Crippen molar-refractivity contribution in [2.75, 3.05) is 11.5 Å². The van der Waals surface area contributed by atoms with Gasteiger partial charge in [-0.2, -0.15) is 11.8 Å². The second-order valence-corrected chi connectivity index (χ2v) is 7.34. The molecule has 1 aromatic heterocycles. The Labute approximate surface area is 106 Å². The molecule has 1 aliphatic heterocycles. The second kappa shape index (κ2) is 5.07. The number of hydrogen-bond acceptors (Lipinski definition) is 4. The maximum Gasteiger partial charge on any atom is 0.112 e. The number of thiazole rings is 1. The lowest BCUT2D eigenvalue weighted by Crippen LogP contribution is -2.45. The SMILES string of the molecule is Cc1cnc(C(C)(C)NC2CCCSC2)s1. The van der Waals surface area contributed by atoms with Crippen LogP contribution in [0.15, 0.2) is 6.20 Å². The molecule has 0 amide bonds. The van der Waals surface area contributed by atoms with E-state index in [1.807, 2.05) is 6.20 Å². The first-order valence-electron chi connectivity index (χ1n) is 5.86. The highest BCUT2D eigenvalue weighted by Gasteiger charge is 2.27. The number of thioether (sulfide) groups is 1. The largest absolute Gasteiger partial charge is 0.302 e. The Bertz CT molecular complexity index is 341. The van der Waals surface area contributed by atoms with Crippen molar-refractivity contribution in [3.63, 3.8) is 0 Å². The van der Waals surface area contributed by atoms with E-state index in [0.717, 1.165) is 0 Å². The van der Waals surface area contributed by atoms with E-state index in [4.69, 9.17) is 0 Å². The van der Waals surface area contributed by atoms with Crippen LogP contribution in [-0.4, -0.2) is 22.5 Å². The van der Waals surface area contributed by atoms with Gasteiger partial charge in [0.15, 0.2) is 0 Å². The first kappa shape index (κ1) is 12.4. The monoisotopic (exact) mass is 256 g/mol. The molecule has 1 atom stereocenters. The Morgan fingerprint density at radius 1 is 1.50 bits per heavy atom. The number of hydrogen-bond donors (Lipinski definition) is 1. The van der Waals surface area contributed by atoms with Crippen molar-refractivity contribution in [2.24, 2.45) is 0 Å². The fourth-order valence-electron chi connectivity index (χ4n) is 2.07. The lowest BCUT2D eigenvalue weighted by Gasteiger charge is -2.32. The summed E-state index contributed by atoms with van der Waals surface area (Å²) in [6.45, 7) is 6.60. The van der Waals surface area contributed by atoms with Gasteiger partial charge in [0.25, 0.3) is 0 Å². The normalized spacial score (nSPS) is 22.3. The van der Waals surface area contributed by atoms with E-state index in [1.165, 1.54) is 34.2 Å². The van der Waals surface area contributed by atoms with Gasteiger partial charge in [0.2, 0.25) is 0 Å². The summed E-state index contributed by atoms with van der Waals surface area (Å²) < 4.78 is 0. The molecular formula is C12H20N2S2. The molecule has 0 bridgehead atoms. The molecule has 0 aromatic carbocycles. The maximum atomic E-state index is 4.50. The molecule has 16 heavy (non-hydrogen) atoms. The Hall–Kier alpha value is -0.0600. The van der Waals surface area contributed by atoms with E-state index in [9.17, 15) is 0 Å². The summed E-state index contributed by atoms with van der Waals surface area (Å²) in [5.41, 5.74) is 0.0154. The molecule has 4 heteroatoms. The van der Waals surface area contributed by atoms with E-state index in [-0.39, 0.29) is 5.54 Å². The third kappa shape index (κ3) is 2.99. The number of aromatic nitrogens is 1. The molecule has 1 aliphatic rings. The average molecular weight is 256 g/mol. The quantitative estimate of drug-likeness (QED) is 0.899. The summed E-state index contributed by atoms with van der Waals surface area (Å²) in [6.07, 6.45) is 4.62. The Kier molecular flexibility index (Phi) is 3.93. The predicted molar refractivity (Wildman–Crippen MR) is 73.4 cm³/mol. The number of aryl methyl sites for hydroxylation is 1. The maximum absolute atomic E-state index is 4.50. The van der Waals surface area contributed by atoms with Crippen molar-refractivity contribution in [3.05, 3.63) is 16.1 Å². The molecule has 1 N–H and O–H groups in total. The van der Waals surface area contributed by atoms with E-state index in [0.29, 0.717) is 6.04 Å².